The number of carbonyl (C=O) groups excluding carboxylic acids is 2. The maximum absolute atomic E-state index is 13.1. The van der Waals surface area contributed by atoms with Gasteiger partial charge in [-0.3, -0.25) is 9.59 Å². The molecule has 2 amide bonds. The van der Waals surface area contributed by atoms with Gasteiger partial charge < -0.3 is 9.84 Å². The first-order chi connectivity index (χ1) is 11.7. The molecule has 4 rings (SSSR count). The molecule has 3 saturated heterocycles. The van der Waals surface area contributed by atoms with Gasteiger partial charge in [0.05, 0.1) is 35.4 Å². The molecule has 7 heteroatoms. The molecular formula is C18H19N3O4. The van der Waals surface area contributed by atoms with E-state index in [-0.39, 0.29) is 17.5 Å². The molecule has 2 unspecified atom stereocenters. The molecule has 7 nitrogen and oxygen atoms in total. The quantitative estimate of drug-likeness (QED) is 0.764. The van der Waals surface area contributed by atoms with Crippen LogP contribution in [-0.4, -0.2) is 39.2 Å². The van der Waals surface area contributed by atoms with Gasteiger partial charge in [0.2, 0.25) is 11.8 Å². The summed E-state index contributed by atoms with van der Waals surface area (Å²) in [6.07, 6.45) is 0.959. The summed E-state index contributed by atoms with van der Waals surface area (Å²) in [5.41, 5.74) is 0.111. The van der Waals surface area contributed by atoms with Crippen molar-refractivity contribution in [2.24, 2.45) is 11.8 Å². The molecule has 2 bridgehead atoms. The van der Waals surface area contributed by atoms with Crippen LogP contribution in [0.25, 0.3) is 0 Å². The number of carbonyl (C=O) groups is 2. The van der Waals surface area contributed by atoms with Gasteiger partial charge in [-0.15, -0.1) is 0 Å². The fourth-order valence-corrected chi connectivity index (χ4v) is 4.79. The lowest BCUT2D eigenvalue weighted by molar-refractivity contribution is -0.132. The summed E-state index contributed by atoms with van der Waals surface area (Å²) in [7, 11) is 0. The predicted octanol–water partition coefficient (Wildman–Crippen LogP) is 0.988. The van der Waals surface area contributed by atoms with Crippen LogP contribution in [0.1, 0.15) is 37.1 Å². The minimum Gasteiger partial charge on any atom is -0.390 e. The third-order valence-corrected chi connectivity index (χ3v) is 6.26. The van der Waals surface area contributed by atoms with E-state index >= 15 is 0 Å². The molecule has 5 atom stereocenters. The molecule has 1 aromatic heterocycles. The fourth-order valence-electron chi connectivity index (χ4n) is 4.79. The van der Waals surface area contributed by atoms with Crippen LogP contribution in [0.15, 0.2) is 6.20 Å². The normalized spacial score (nSPS) is 39.0. The van der Waals surface area contributed by atoms with Crippen LogP contribution in [0.5, 0.6) is 0 Å². The SMILES string of the molecule is Cc1c(N2C(=O)[C@@H]3[C@H](C2=O)C2(C)C[C@H](O)C3(C)O2)cnc(C#N)c1C. The molecule has 0 aliphatic carbocycles. The lowest BCUT2D eigenvalue weighted by Gasteiger charge is -2.31. The van der Waals surface area contributed by atoms with Crippen LogP contribution >= 0.6 is 0 Å². The summed E-state index contributed by atoms with van der Waals surface area (Å²) in [6, 6.07) is 2.01. The summed E-state index contributed by atoms with van der Waals surface area (Å²) in [4.78, 5) is 31.5. The number of imide groups is 1. The Morgan fingerprint density at radius 2 is 1.92 bits per heavy atom. The molecule has 4 heterocycles. The van der Waals surface area contributed by atoms with Crippen molar-refractivity contribution in [2.75, 3.05) is 4.90 Å². The number of nitriles is 1. The van der Waals surface area contributed by atoms with Gasteiger partial charge in [0.15, 0.2) is 0 Å². The highest BCUT2D eigenvalue weighted by molar-refractivity contribution is 6.23. The fraction of sp³-hybridized carbons (Fsp3) is 0.556. The van der Waals surface area contributed by atoms with Crippen molar-refractivity contribution >= 4 is 17.5 Å². The number of aliphatic hydroxyl groups excluding tert-OH is 1. The van der Waals surface area contributed by atoms with E-state index in [1.807, 2.05) is 6.07 Å². The molecule has 0 aromatic carbocycles. The van der Waals surface area contributed by atoms with Crippen LogP contribution in [0.4, 0.5) is 5.69 Å². The van der Waals surface area contributed by atoms with Gasteiger partial charge in [-0.2, -0.15) is 5.26 Å². The summed E-state index contributed by atoms with van der Waals surface area (Å²) in [6.45, 7) is 7.01. The molecule has 1 aromatic rings. The Hall–Kier alpha value is -2.30. The highest BCUT2D eigenvalue weighted by Gasteiger charge is 2.75. The zero-order valence-corrected chi connectivity index (χ0v) is 14.5. The Morgan fingerprint density at radius 1 is 1.28 bits per heavy atom. The van der Waals surface area contributed by atoms with Gasteiger partial charge in [-0.05, 0) is 38.8 Å². The molecule has 3 aliphatic rings. The second kappa shape index (κ2) is 4.65. The van der Waals surface area contributed by atoms with Crippen LogP contribution in [-0.2, 0) is 14.3 Å². The molecule has 0 radical (unpaired) electrons. The average molecular weight is 341 g/mol. The van der Waals surface area contributed by atoms with Crippen LogP contribution in [0.3, 0.4) is 0 Å². The van der Waals surface area contributed by atoms with Gasteiger partial charge in [-0.25, -0.2) is 9.88 Å². The minimum atomic E-state index is -1.05. The summed E-state index contributed by atoms with van der Waals surface area (Å²) < 4.78 is 5.97. The van der Waals surface area contributed by atoms with Crippen molar-refractivity contribution in [1.29, 1.82) is 5.26 Å². The third kappa shape index (κ3) is 1.73. The smallest absolute Gasteiger partial charge is 0.240 e. The van der Waals surface area contributed by atoms with Crippen molar-refractivity contribution in [3.8, 4) is 6.07 Å². The highest BCUT2D eigenvalue weighted by atomic mass is 16.6. The highest BCUT2D eigenvalue weighted by Crippen LogP contribution is 2.61. The maximum atomic E-state index is 13.1. The molecule has 0 spiro atoms. The molecule has 0 saturated carbocycles. The van der Waals surface area contributed by atoms with Crippen molar-refractivity contribution in [1.82, 2.24) is 4.98 Å². The van der Waals surface area contributed by atoms with E-state index in [4.69, 9.17) is 10.00 Å². The monoisotopic (exact) mass is 341 g/mol. The second-order valence-electron chi connectivity index (χ2n) is 7.64. The summed E-state index contributed by atoms with van der Waals surface area (Å²) in [5.74, 6) is -2.00. The van der Waals surface area contributed by atoms with Gasteiger partial charge in [0, 0.05) is 6.42 Å². The number of hydrogen-bond donors (Lipinski definition) is 1. The Morgan fingerprint density at radius 3 is 2.56 bits per heavy atom. The number of hydrogen-bond acceptors (Lipinski definition) is 6. The van der Waals surface area contributed by atoms with E-state index in [1.54, 1.807) is 27.7 Å². The molecule has 25 heavy (non-hydrogen) atoms. The lowest BCUT2D eigenvalue weighted by atomic mass is 9.67. The van der Waals surface area contributed by atoms with Crippen LogP contribution < -0.4 is 4.90 Å². The minimum absolute atomic E-state index is 0.276. The van der Waals surface area contributed by atoms with Gasteiger partial charge >= 0.3 is 0 Å². The van der Waals surface area contributed by atoms with Crippen LogP contribution in [0.2, 0.25) is 0 Å². The number of amides is 2. The first-order valence-corrected chi connectivity index (χ1v) is 8.28. The van der Waals surface area contributed by atoms with E-state index in [9.17, 15) is 14.7 Å². The number of anilines is 1. The zero-order chi connectivity index (χ0) is 18.3. The lowest BCUT2D eigenvalue weighted by Crippen LogP contribution is -2.49. The number of aromatic nitrogens is 1. The number of rotatable bonds is 1. The average Bonchev–Trinajstić information content (AvgIpc) is 3.05. The van der Waals surface area contributed by atoms with Crippen molar-refractivity contribution in [3.63, 3.8) is 0 Å². The van der Waals surface area contributed by atoms with Gasteiger partial charge in [0.25, 0.3) is 0 Å². The summed E-state index contributed by atoms with van der Waals surface area (Å²) >= 11 is 0. The van der Waals surface area contributed by atoms with Gasteiger partial charge in [0.1, 0.15) is 17.4 Å². The predicted molar refractivity (Wildman–Crippen MR) is 86.4 cm³/mol. The first-order valence-electron chi connectivity index (χ1n) is 8.28. The van der Waals surface area contributed by atoms with Crippen molar-refractivity contribution < 1.29 is 19.4 Å². The Bertz CT molecular complexity index is 876. The van der Waals surface area contributed by atoms with E-state index in [0.29, 0.717) is 23.2 Å². The molecule has 3 aliphatic heterocycles. The number of aliphatic hydroxyl groups is 1. The topological polar surface area (TPSA) is 104 Å². The second-order valence-corrected chi connectivity index (χ2v) is 7.64. The molecule has 1 N–H and O–H groups in total. The van der Waals surface area contributed by atoms with Gasteiger partial charge in [-0.1, -0.05) is 0 Å². The van der Waals surface area contributed by atoms with Crippen molar-refractivity contribution in [2.45, 2.75) is 51.4 Å². The van der Waals surface area contributed by atoms with E-state index in [0.717, 1.165) is 0 Å². The first kappa shape index (κ1) is 16.2. The Balaban J connectivity index is 1.84. The largest absolute Gasteiger partial charge is 0.390 e. The standard InChI is InChI=1S/C18H19N3O4/c1-8-9(2)11(7-20-10(8)6-19)21-15(23)13-14(16(21)24)18(4)12(22)5-17(13,3)25-18/h7,12-14,22H,5H2,1-4H3/t12-,13+,14-,17?,18?/m0/s1. The van der Waals surface area contributed by atoms with E-state index in [1.165, 1.54) is 11.1 Å². The molecule has 3 fully saturated rings. The number of fused-ring (bicyclic) bond motifs is 5. The van der Waals surface area contributed by atoms with Crippen molar-refractivity contribution in [3.05, 3.63) is 23.0 Å². The van der Waals surface area contributed by atoms with E-state index in [2.05, 4.69) is 4.98 Å². The summed E-state index contributed by atoms with van der Waals surface area (Å²) in [5, 5.41) is 19.5. The maximum Gasteiger partial charge on any atom is 0.240 e. The van der Waals surface area contributed by atoms with E-state index < -0.39 is 29.1 Å². The third-order valence-electron chi connectivity index (χ3n) is 6.26. The Labute approximate surface area is 145 Å². The molecular weight excluding hydrogens is 322 g/mol. The van der Waals surface area contributed by atoms with Crippen LogP contribution in [0, 0.1) is 37.0 Å². The zero-order valence-electron chi connectivity index (χ0n) is 14.5. The molecule has 130 valence electrons. The number of ether oxygens (including phenoxy) is 1. The number of nitrogens with zero attached hydrogens (tertiary/aromatic N) is 3. The number of pyridine rings is 1. The Kier molecular flexibility index (Phi) is 3.01.